The van der Waals surface area contributed by atoms with E-state index >= 15 is 0 Å². The zero-order valence-corrected chi connectivity index (χ0v) is 13.1. The third kappa shape index (κ3) is 3.73. The Morgan fingerprint density at radius 3 is 2.15 bits per heavy atom. The number of rotatable bonds is 5. The standard InChI is InChI=1S/C17H31FO2/c1-3-12-5-7-14(8-6-12)17(20-19)15-10-9-13(4-2)16(18)11-15/h12-17,19H,3-11H2,1-2H3. The molecular formula is C17H31FO2. The van der Waals surface area contributed by atoms with Crippen LogP contribution in [0.1, 0.15) is 71.6 Å². The Kier molecular flexibility index (Phi) is 6.28. The Balaban J connectivity index is 1.89. The molecule has 2 aliphatic rings. The molecule has 0 aromatic rings. The highest BCUT2D eigenvalue weighted by Crippen LogP contribution is 2.41. The molecule has 2 aliphatic carbocycles. The molecule has 1 N–H and O–H groups in total. The zero-order chi connectivity index (χ0) is 14.5. The van der Waals surface area contributed by atoms with Crippen LogP contribution in [0.3, 0.4) is 0 Å². The lowest BCUT2D eigenvalue weighted by atomic mass is 9.70. The van der Waals surface area contributed by atoms with Crippen molar-refractivity contribution in [3.05, 3.63) is 0 Å². The lowest BCUT2D eigenvalue weighted by Crippen LogP contribution is -2.39. The summed E-state index contributed by atoms with van der Waals surface area (Å²) in [6.45, 7) is 4.33. The van der Waals surface area contributed by atoms with Gasteiger partial charge in [-0.25, -0.2) is 9.28 Å². The van der Waals surface area contributed by atoms with E-state index in [4.69, 9.17) is 4.89 Å². The molecule has 2 nitrogen and oxygen atoms in total. The molecule has 3 heteroatoms. The topological polar surface area (TPSA) is 29.5 Å². The summed E-state index contributed by atoms with van der Waals surface area (Å²) in [5.74, 6) is 1.70. The summed E-state index contributed by atoms with van der Waals surface area (Å²) in [4.78, 5) is 4.85. The van der Waals surface area contributed by atoms with Gasteiger partial charge < -0.3 is 0 Å². The number of alkyl halides is 1. The first-order valence-electron chi connectivity index (χ1n) is 8.63. The van der Waals surface area contributed by atoms with E-state index in [1.165, 1.54) is 19.3 Å². The average Bonchev–Trinajstić information content (AvgIpc) is 2.49. The second kappa shape index (κ2) is 7.74. The van der Waals surface area contributed by atoms with Gasteiger partial charge >= 0.3 is 0 Å². The summed E-state index contributed by atoms with van der Waals surface area (Å²) in [5.41, 5.74) is 0. The molecule has 0 spiro atoms. The lowest BCUT2D eigenvalue weighted by molar-refractivity contribution is -0.308. The molecule has 0 aromatic heterocycles. The van der Waals surface area contributed by atoms with Crippen molar-refractivity contribution < 1.29 is 14.5 Å². The van der Waals surface area contributed by atoms with Gasteiger partial charge in [-0.3, -0.25) is 5.26 Å². The summed E-state index contributed by atoms with van der Waals surface area (Å²) < 4.78 is 14.1. The van der Waals surface area contributed by atoms with E-state index in [1.54, 1.807) is 0 Å². The predicted octanol–water partition coefficient (Wildman–Crippen LogP) is 5.23. The molecular weight excluding hydrogens is 255 g/mol. The van der Waals surface area contributed by atoms with E-state index in [2.05, 4.69) is 13.8 Å². The van der Waals surface area contributed by atoms with E-state index in [9.17, 15) is 9.65 Å². The van der Waals surface area contributed by atoms with Gasteiger partial charge in [0.05, 0.1) is 6.10 Å². The maximum atomic E-state index is 14.1. The smallest absolute Gasteiger partial charge is 0.103 e. The Hall–Kier alpha value is -0.150. The van der Waals surface area contributed by atoms with Crippen molar-refractivity contribution in [2.45, 2.75) is 83.9 Å². The van der Waals surface area contributed by atoms with Crippen LogP contribution in [-0.2, 0) is 4.89 Å². The van der Waals surface area contributed by atoms with Crippen molar-refractivity contribution in [2.24, 2.45) is 23.7 Å². The fourth-order valence-electron chi connectivity index (χ4n) is 4.45. The largest absolute Gasteiger partial charge is 0.252 e. The van der Waals surface area contributed by atoms with Gasteiger partial charge in [0, 0.05) is 0 Å². The Labute approximate surface area is 123 Å². The van der Waals surface area contributed by atoms with Crippen molar-refractivity contribution in [3.63, 3.8) is 0 Å². The molecule has 4 unspecified atom stereocenters. The Morgan fingerprint density at radius 1 is 1.00 bits per heavy atom. The van der Waals surface area contributed by atoms with Gasteiger partial charge in [0.15, 0.2) is 0 Å². The number of hydrogen-bond donors (Lipinski definition) is 1. The molecule has 118 valence electrons. The summed E-state index contributed by atoms with van der Waals surface area (Å²) in [5, 5.41) is 9.34. The number of halogens is 1. The fourth-order valence-corrected chi connectivity index (χ4v) is 4.45. The lowest BCUT2D eigenvalue weighted by Gasteiger charge is -2.39. The van der Waals surface area contributed by atoms with Crippen LogP contribution < -0.4 is 0 Å². The third-order valence-electron chi connectivity index (χ3n) is 5.99. The SMILES string of the molecule is CCC1CCC(C(OO)C2CCC(CC)C(F)C2)CC1. The molecule has 2 fully saturated rings. The normalized spacial score (nSPS) is 40.5. The van der Waals surface area contributed by atoms with Crippen LogP contribution >= 0.6 is 0 Å². The van der Waals surface area contributed by atoms with Gasteiger partial charge in [-0.2, -0.15) is 0 Å². The van der Waals surface area contributed by atoms with E-state index in [1.807, 2.05) is 0 Å². The molecule has 0 heterocycles. The van der Waals surface area contributed by atoms with Crippen molar-refractivity contribution >= 4 is 0 Å². The minimum Gasteiger partial charge on any atom is -0.252 e. The van der Waals surface area contributed by atoms with Gasteiger partial charge in [-0.05, 0) is 55.8 Å². The Bertz CT molecular complexity index is 276. The van der Waals surface area contributed by atoms with Gasteiger partial charge in [0.25, 0.3) is 0 Å². The maximum absolute atomic E-state index is 14.1. The van der Waals surface area contributed by atoms with Crippen LogP contribution in [0.15, 0.2) is 0 Å². The summed E-state index contributed by atoms with van der Waals surface area (Å²) in [7, 11) is 0. The molecule has 0 aromatic carbocycles. The van der Waals surface area contributed by atoms with E-state index in [0.29, 0.717) is 12.3 Å². The van der Waals surface area contributed by atoms with Crippen LogP contribution in [0.2, 0.25) is 0 Å². The highest BCUT2D eigenvalue weighted by atomic mass is 19.1. The molecule has 0 saturated heterocycles. The van der Waals surface area contributed by atoms with Crippen molar-refractivity contribution in [2.75, 3.05) is 0 Å². The number of hydrogen-bond acceptors (Lipinski definition) is 2. The average molecular weight is 286 g/mol. The van der Waals surface area contributed by atoms with Crippen LogP contribution in [0.25, 0.3) is 0 Å². The Morgan fingerprint density at radius 2 is 1.65 bits per heavy atom. The van der Waals surface area contributed by atoms with Crippen LogP contribution in [0, 0.1) is 23.7 Å². The fraction of sp³-hybridized carbons (Fsp3) is 1.00. The van der Waals surface area contributed by atoms with Gasteiger partial charge in [0.1, 0.15) is 6.17 Å². The molecule has 0 bridgehead atoms. The van der Waals surface area contributed by atoms with Crippen molar-refractivity contribution in [1.29, 1.82) is 0 Å². The molecule has 0 radical (unpaired) electrons. The van der Waals surface area contributed by atoms with E-state index in [-0.39, 0.29) is 17.9 Å². The monoisotopic (exact) mass is 286 g/mol. The third-order valence-corrected chi connectivity index (χ3v) is 5.99. The quantitative estimate of drug-likeness (QED) is 0.554. The molecule has 2 saturated carbocycles. The highest BCUT2D eigenvalue weighted by Gasteiger charge is 2.38. The highest BCUT2D eigenvalue weighted by molar-refractivity contribution is 4.88. The molecule has 20 heavy (non-hydrogen) atoms. The first-order valence-corrected chi connectivity index (χ1v) is 8.63. The predicted molar refractivity (Wildman–Crippen MR) is 79.3 cm³/mol. The van der Waals surface area contributed by atoms with E-state index < -0.39 is 6.17 Å². The van der Waals surface area contributed by atoms with Crippen LogP contribution in [-0.4, -0.2) is 17.5 Å². The van der Waals surface area contributed by atoms with E-state index in [0.717, 1.165) is 38.0 Å². The zero-order valence-electron chi connectivity index (χ0n) is 13.1. The molecule has 0 amide bonds. The summed E-state index contributed by atoms with van der Waals surface area (Å²) >= 11 is 0. The maximum Gasteiger partial charge on any atom is 0.103 e. The van der Waals surface area contributed by atoms with Gasteiger partial charge in [-0.1, -0.05) is 39.5 Å². The van der Waals surface area contributed by atoms with Gasteiger partial charge in [0.2, 0.25) is 0 Å². The van der Waals surface area contributed by atoms with Crippen molar-refractivity contribution in [3.8, 4) is 0 Å². The minimum absolute atomic E-state index is 0.135. The molecule has 0 aliphatic heterocycles. The first-order chi connectivity index (χ1) is 9.69. The van der Waals surface area contributed by atoms with Crippen LogP contribution in [0.4, 0.5) is 4.39 Å². The second-order valence-electron chi connectivity index (χ2n) is 7.02. The van der Waals surface area contributed by atoms with Crippen LogP contribution in [0.5, 0.6) is 0 Å². The first kappa shape index (κ1) is 16.2. The summed E-state index contributed by atoms with van der Waals surface area (Å²) in [6.07, 6.45) is 8.64. The summed E-state index contributed by atoms with van der Waals surface area (Å²) in [6, 6.07) is 0. The minimum atomic E-state index is -0.705. The molecule has 2 rings (SSSR count). The van der Waals surface area contributed by atoms with Crippen molar-refractivity contribution in [1.82, 2.24) is 0 Å². The van der Waals surface area contributed by atoms with Gasteiger partial charge in [-0.15, -0.1) is 0 Å². The molecule has 4 atom stereocenters. The second-order valence-corrected chi connectivity index (χ2v) is 7.02.